The molecule has 0 aliphatic heterocycles. The molecule has 2 nitrogen and oxygen atoms in total. The largest absolute Gasteiger partial charge is 0.359 e. The summed E-state index contributed by atoms with van der Waals surface area (Å²) in [6.07, 6.45) is 3.02. The van der Waals surface area contributed by atoms with Crippen LogP contribution in [0.2, 0.25) is 10.0 Å². The second-order valence-corrected chi connectivity index (χ2v) is 6.81. The van der Waals surface area contributed by atoms with E-state index in [0.29, 0.717) is 16.5 Å². The van der Waals surface area contributed by atoms with Crippen LogP contribution in [0.5, 0.6) is 0 Å². The van der Waals surface area contributed by atoms with Gasteiger partial charge in [0.15, 0.2) is 5.78 Å². The van der Waals surface area contributed by atoms with Crippen LogP contribution in [-0.4, -0.2) is 5.78 Å². The molecule has 0 saturated carbocycles. The van der Waals surface area contributed by atoms with E-state index in [4.69, 9.17) is 23.2 Å². The molecule has 0 spiro atoms. The highest BCUT2D eigenvalue weighted by Crippen LogP contribution is 2.33. The molecule has 0 radical (unpaired) electrons. The summed E-state index contributed by atoms with van der Waals surface area (Å²) in [6, 6.07) is 13.7. The number of halogens is 2. The minimum Gasteiger partial charge on any atom is -0.359 e. The van der Waals surface area contributed by atoms with Crippen LogP contribution >= 0.6 is 23.2 Å². The van der Waals surface area contributed by atoms with Crippen molar-refractivity contribution < 1.29 is 4.79 Å². The maximum absolute atomic E-state index is 12.1. The zero-order valence-corrected chi connectivity index (χ0v) is 14.3. The molecule has 23 heavy (non-hydrogen) atoms. The second kappa shape index (κ2) is 6.77. The average Bonchev–Trinajstić information content (AvgIpc) is 2.46. The van der Waals surface area contributed by atoms with Gasteiger partial charge in [0.05, 0.1) is 0 Å². The summed E-state index contributed by atoms with van der Waals surface area (Å²) in [5.74, 6) is 0.336. The van der Waals surface area contributed by atoms with Gasteiger partial charge in [0.25, 0.3) is 0 Å². The third kappa shape index (κ3) is 4.15. The van der Waals surface area contributed by atoms with E-state index in [1.54, 1.807) is 24.3 Å². The van der Waals surface area contributed by atoms with E-state index in [1.807, 2.05) is 0 Å². The first-order valence-corrected chi connectivity index (χ1v) is 8.28. The smallest absolute Gasteiger partial charge is 0.158 e. The normalized spacial score (nSPS) is 17.8. The molecule has 0 heterocycles. The third-order valence-corrected chi connectivity index (χ3v) is 4.40. The van der Waals surface area contributed by atoms with E-state index in [-0.39, 0.29) is 11.7 Å². The van der Waals surface area contributed by atoms with Crippen molar-refractivity contribution >= 4 is 34.7 Å². The second-order valence-electron chi connectivity index (χ2n) is 5.93. The highest BCUT2D eigenvalue weighted by Gasteiger charge is 2.22. The molecule has 0 fully saturated rings. The van der Waals surface area contributed by atoms with E-state index >= 15 is 0 Å². The Morgan fingerprint density at radius 2 is 1.65 bits per heavy atom. The fraction of sp³-hybridized carbons (Fsp3) is 0.211. The average molecular weight is 346 g/mol. The monoisotopic (exact) mass is 345 g/mol. The first kappa shape index (κ1) is 16.1. The number of rotatable bonds is 3. The molecule has 1 aliphatic rings. The van der Waals surface area contributed by atoms with E-state index in [9.17, 15) is 4.79 Å². The summed E-state index contributed by atoms with van der Waals surface area (Å²) < 4.78 is 0. The maximum atomic E-state index is 12.1. The number of hydrogen-bond donors (Lipinski definition) is 1. The lowest BCUT2D eigenvalue weighted by Crippen LogP contribution is -2.16. The highest BCUT2D eigenvalue weighted by molar-refractivity contribution is 6.35. The first-order valence-electron chi connectivity index (χ1n) is 7.53. The number of carbonyl (C=O) groups excluding carboxylic acids is 1. The molecule has 2 aromatic carbocycles. The van der Waals surface area contributed by atoms with Gasteiger partial charge in [-0.05, 0) is 43.0 Å². The van der Waals surface area contributed by atoms with Gasteiger partial charge < -0.3 is 5.32 Å². The van der Waals surface area contributed by atoms with Crippen LogP contribution in [0.4, 0.5) is 5.69 Å². The molecule has 1 N–H and O–H groups in total. The van der Waals surface area contributed by atoms with Crippen LogP contribution < -0.4 is 5.32 Å². The van der Waals surface area contributed by atoms with E-state index in [0.717, 1.165) is 17.8 Å². The Morgan fingerprint density at radius 1 is 1.00 bits per heavy atom. The number of carbonyl (C=O) groups is 1. The lowest BCUT2D eigenvalue weighted by Gasteiger charge is -2.23. The maximum Gasteiger partial charge on any atom is 0.158 e. The summed E-state index contributed by atoms with van der Waals surface area (Å²) in [5.41, 5.74) is 4.11. The fourth-order valence-electron chi connectivity index (χ4n) is 2.87. The predicted octanol–water partition coefficient (Wildman–Crippen LogP) is 5.74. The molecule has 4 heteroatoms. The standard InChI is InChI=1S/C19H17Cl2NO/c1-12-2-4-13(5-3-12)14-6-17(11-19(23)7-14)22-18-9-15(20)8-16(21)10-18/h2-5,8-11,14,22H,6-7H2,1H3. The van der Waals surface area contributed by atoms with Gasteiger partial charge in [-0.15, -0.1) is 0 Å². The molecule has 2 aromatic rings. The lowest BCUT2D eigenvalue weighted by atomic mass is 9.85. The van der Waals surface area contributed by atoms with Crippen molar-refractivity contribution in [2.75, 3.05) is 5.32 Å². The number of nitrogens with one attached hydrogen (secondary N) is 1. The van der Waals surface area contributed by atoms with Crippen molar-refractivity contribution in [3.63, 3.8) is 0 Å². The van der Waals surface area contributed by atoms with Crippen molar-refractivity contribution in [1.82, 2.24) is 0 Å². The topological polar surface area (TPSA) is 29.1 Å². The van der Waals surface area contributed by atoms with Gasteiger partial charge in [-0.3, -0.25) is 4.79 Å². The number of benzene rings is 2. The Hall–Kier alpha value is -1.77. The van der Waals surface area contributed by atoms with Crippen molar-refractivity contribution in [2.45, 2.75) is 25.7 Å². The first-order chi connectivity index (χ1) is 11.0. The van der Waals surface area contributed by atoms with Crippen molar-refractivity contribution in [2.24, 2.45) is 0 Å². The molecule has 3 rings (SSSR count). The van der Waals surface area contributed by atoms with Crippen LogP contribution in [0.25, 0.3) is 0 Å². The van der Waals surface area contributed by atoms with Crippen molar-refractivity contribution in [1.29, 1.82) is 0 Å². The summed E-state index contributed by atoms with van der Waals surface area (Å²) >= 11 is 12.1. The van der Waals surface area contributed by atoms with Gasteiger partial charge in [-0.25, -0.2) is 0 Å². The minimum absolute atomic E-state index is 0.137. The molecule has 0 bridgehead atoms. The van der Waals surface area contributed by atoms with Crippen LogP contribution in [0.1, 0.15) is 29.9 Å². The van der Waals surface area contributed by atoms with Crippen LogP contribution in [0, 0.1) is 6.92 Å². The molecule has 1 unspecified atom stereocenters. The molecular formula is C19H17Cl2NO. The Labute approximate surface area is 146 Å². The van der Waals surface area contributed by atoms with Gasteiger partial charge >= 0.3 is 0 Å². The zero-order valence-electron chi connectivity index (χ0n) is 12.8. The van der Waals surface area contributed by atoms with Gasteiger partial charge in [0.2, 0.25) is 0 Å². The number of allylic oxidation sites excluding steroid dienone is 2. The Balaban J connectivity index is 1.79. The van der Waals surface area contributed by atoms with Crippen molar-refractivity contribution in [3.8, 4) is 0 Å². The zero-order chi connectivity index (χ0) is 16.4. The van der Waals surface area contributed by atoms with Crippen LogP contribution in [0.15, 0.2) is 54.2 Å². The van der Waals surface area contributed by atoms with E-state index < -0.39 is 0 Å². The molecule has 1 aliphatic carbocycles. The van der Waals surface area contributed by atoms with E-state index in [2.05, 4.69) is 36.5 Å². The van der Waals surface area contributed by atoms with Crippen molar-refractivity contribution in [3.05, 3.63) is 75.4 Å². The minimum atomic E-state index is 0.137. The Bertz CT molecular complexity index is 745. The van der Waals surface area contributed by atoms with Gasteiger partial charge in [-0.2, -0.15) is 0 Å². The van der Waals surface area contributed by atoms with Gasteiger partial charge in [-0.1, -0.05) is 53.0 Å². The summed E-state index contributed by atoms with van der Waals surface area (Å²) in [6.45, 7) is 2.06. The molecule has 1 atom stereocenters. The fourth-order valence-corrected chi connectivity index (χ4v) is 3.39. The quantitative estimate of drug-likeness (QED) is 0.767. The Kier molecular flexibility index (Phi) is 4.74. The number of aryl methyl sites for hydroxylation is 1. The number of hydrogen-bond acceptors (Lipinski definition) is 2. The van der Waals surface area contributed by atoms with Gasteiger partial charge in [0, 0.05) is 33.9 Å². The lowest BCUT2D eigenvalue weighted by molar-refractivity contribution is -0.115. The third-order valence-electron chi connectivity index (χ3n) is 3.97. The van der Waals surface area contributed by atoms with Gasteiger partial charge in [0.1, 0.15) is 0 Å². The molecule has 118 valence electrons. The Morgan fingerprint density at radius 3 is 2.30 bits per heavy atom. The molecular weight excluding hydrogens is 329 g/mol. The van der Waals surface area contributed by atoms with E-state index in [1.165, 1.54) is 11.1 Å². The summed E-state index contributed by atoms with van der Waals surface area (Å²) in [7, 11) is 0. The molecule has 0 aromatic heterocycles. The molecule has 0 amide bonds. The SMILES string of the molecule is Cc1ccc(C2CC(=O)C=C(Nc3cc(Cl)cc(Cl)c3)C2)cc1. The summed E-state index contributed by atoms with van der Waals surface area (Å²) in [5, 5.41) is 4.41. The van der Waals surface area contributed by atoms with Crippen LogP contribution in [-0.2, 0) is 4.79 Å². The van der Waals surface area contributed by atoms with Crippen LogP contribution in [0.3, 0.4) is 0 Å². The number of ketones is 1. The summed E-state index contributed by atoms with van der Waals surface area (Å²) in [4.78, 5) is 12.1. The number of anilines is 1. The molecule has 0 saturated heterocycles. The predicted molar refractivity (Wildman–Crippen MR) is 96.3 cm³/mol. The highest BCUT2D eigenvalue weighted by atomic mass is 35.5.